The van der Waals surface area contributed by atoms with Crippen molar-refractivity contribution >= 4 is 5.97 Å². The number of carbonyl (C=O) groups excluding carboxylic acids is 1. The molecule has 3 nitrogen and oxygen atoms in total. The van der Waals surface area contributed by atoms with E-state index in [1.54, 1.807) is 0 Å². The number of hydrogen-bond acceptors (Lipinski definition) is 3. The largest absolute Gasteiger partial charge is 0.460 e. The summed E-state index contributed by atoms with van der Waals surface area (Å²) in [6.07, 6.45) is 3.31. The molecule has 2 aliphatic rings. The maximum absolute atomic E-state index is 10.9. The quantitative estimate of drug-likeness (QED) is 0.518. The SMILES string of the molecule is O=C1O[C@@H]2CCCC[C@@H]2[C@H]1O. The number of ether oxygens (including phenoxy) is 1. The van der Waals surface area contributed by atoms with E-state index < -0.39 is 12.1 Å². The molecule has 62 valence electrons. The van der Waals surface area contributed by atoms with Crippen molar-refractivity contribution in [3.63, 3.8) is 0 Å². The van der Waals surface area contributed by atoms with Crippen molar-refractivity contribution in [3.05, 3.63) is 0 Å². The Hall–Kier alpha value is -0.570. The molecule has 0 bridgehead atoms. The normalized spacial score (nSPS) is 43.4. The summed E-state index contributed by atoms with van der Waals surface area (Å²) in [7, 11) is 0. The van der Waals surface area contributed by atoms with Crippen LogP contribution in [0, 0.1) is 5.92 Å². The molecule has 1 saturated carbocycles. The van der Waals surface area contributed by atoms with Crippen LogP contribution in [0.2, 0.25) is 0 Å². The van der Waals surface area contributed by atoms with Crippen LogP contribution in [-0.2, 0) is 9.53 Å². The standard InChI is InChI=1S/C8H12O3/c9-7-5-3-1-2-4-6(5)11-8(7)10/h5-7,9H,1-4H2/t5-,6+,7+/m0/s1. The van der Waals surface area contributed by atoms with Gasteiger partial charge in [-0.2, -0.15) is 0 Å². The van der Waals surface area contributed by atoms with Crippen molar-refractivity contribution in [2.75, 3.05) is 0 Å². The zero-order valence-electron chi connectivity index (χ0n) is 6.32. The first-order valence-corrected chi connectivity index (χ1v) is 4.17. The number of esters is 1. The highest BCUT2D eigenvalue weighted by Crippen LogP contribution is 2.34. The summed E-state index contributed by atoms with van der Waals surface area (Å²) in [5.41, 5.74) is 0. The van der Waals surface area contributed by atoms with Gasteiger partial charge >= 0.3 is 5.97 Å². The first-order valence-electron chi connectivity index (χ1n) is 4.17. The second-order valence-electron chi connectivity index (χ2n) is 3.37. The van der Waals surface area contributed by atoms with Crippen molar-refractivity contribution in [3.8, 4) is 0 Å². The predicted molar refractivity (Wildman–Crippen MR) is 37.8 cm³/mol. The molecule has 0 aromatic rings. The lowest BCUT2D eigenvalue weighted by molar-refractivity contribution is -0.147. The molecular formula is C8H12O3. The highest BCUT2D eigenvalue weighted by Gasteiger charge is 2.44. The maximum atomic E-state index is 10.9. The van der Waals surface area contributed by atoms with E-state index in [1.165, 1.54) is 0 Å². The summed E-state index contributed by atoms with van der Waals surface area (Å²) in [4.78, 5) is 10.9. The molecule has 0 radical (unpaired) electrons. The van der Waals surface area contributed by atoms with Gasteiger partial charge in [-0.25, -0.2) is 4.79 Å². The van der Waals surface area contributed by atoms with E-state index >= 15 is 0 Å². The van der Waals surface area contributed by atoms with Crippen LogP contribution in [0.1, 0.15) is 25.7 Å². The minimum Gasteiger partial charge on any atom is -0.460 e. The summed E-state index contributed by atoms with van der Waals surface area (Å²) >= 11 is 0. The van der Waals surface area contributed by atoms with Gasteiger partial charge < -0.3 is 9.84 Å². The van der Waals surface area contributed by atoms with Crippen LogP contribution in [0.15, 0.2) is 0 Å². The fourth-order valence-electron chi connectivity index (χ4n) is 2.03. The number of fused-ring (bicyclic) bond motifs is 1. The second kappa shape index (κ2) is 2.48. The van der Waals surface area contributed by atoms with Gasteiger partial charge in [0.05, 0.1) is 0 Å². The van der Waals surface area contributed by atoms with Gasteiger partial charge in [-0.3, -0.25) is 0 Å². The van der Waals surface area contributed by atoms with E-state index in [9.17, 15) is 9.90 Å². The summed E-state index contributed by atoms with van der Waals surface area (Å²) in [6, 6.07) is 0. The first-order chi connectivity index (χ1) is 5.29. The van der Waals surface area contributed by atoms with Crippen LogP contribution >= 0.6 is 0 Å². The van der Waals surface area contributed by atoms with Crippen LogP contribution < -0.4 is 0 Å². The molecule has 0 spiro atoms. The Bertz CT molecular complexity index is 178. The molecule has 2 rings (SSSR count). The van der Waals surface area contributed by atoms with Gasteiger partial charge in [0.15, 0.2) is 6.10 Å². The fraction of sp³-hybridized carbons (Fsp3) is 0.875. The molecule has 2 fully saturated rings. The highest BCUT2D eigenvalue weighted by atomic mass is 16.6. The Labute approximate surface area is 65.4 Å². The number of rotatable bonds is 0. The third-order valence-electron chi connectivity index (χ3n) is 2.67. The Morgan fingerprint density at radius 3 is 2.82 bits per heavy atom. The third-order valence-corrected chi connectivity index (χ3v) is 2.67. The Morgan fingerprint density at radius 1 is 1.36 bits per heavy atom. The van der Waals surface area contributed by atoms with Gasteiger partial charge in [0.1, 0.15) is 6.10 Å². The Morgan fingerprint density at radius 2 is 2.09 bits per heavy atom. The Balaban J connectivity index is 2.11. The van der Waals surface area contributed by atoms with Crippen LogP contribution in [0.25, 0.3) is 0 Å². The monoisotopic (exact) mass is 156 g/mol. The highest BCUT2D eigenvalue weighted by molar-refractivity contribution is 5.77. The average molecular weight is 156 g/mol. The number of hydrogen-bond donors (Lipinski definition) is 1. The molecule has 1 aliphatic heterocycles. The van der Waals surface area contributed by atoms with E-state index in [-0.39, 0.29) is 12.0 Å². The van der Waals surface area contributed by atoms with Crippen molar-refractivity contribution in [1.82, 2.24) is 0 Å². The van der Waals surface area contributed by atoms with Gasteiger partial charge in [-0.1, -0.05) is 6.42 Å². The van der Waals surface area contributed by atoms with Gasteiger partial charge in [0.25, 0.3) is 0 Å². The maximum Gasteiger partial charge on any atom is 0.335 e. The zero-order chi connectivity index (χ0) is 7.84. The van der Waals surface area contributed by atoms with E-state index in [4.69, 9.17) is 4.74 Å². The van der Waals surface area contributed by atoms with E-state index in [2.05, 4.69) is 0 Å². The molecule has 0 amide bonds. The second-order valence-corrected chi connectivity index (χ2v) is 3.37. The minimum absolute atomic E-state index is 0.0197. The lowest BCUT2D eigenvalue weighted by Crippen LogP contribution is -2.27. The van der Waals surface area contributed by atoms with Gasteiger partial charge in [-0.15, -0.1) is 0 Å². The molecule has 1 N–H and O–H groups in total. The number of aliphatic hydroxyl groups is 1. The van der Waals surface area contributed by atoms with Gasteiger partial charge in [-0.05, 0) is 19.3 Å². The van der Waals surface area contributed by atoms with E-state index in [0.717, 1.165) is 25.7 Å². The molecule has 11 heavy (non-hydrogen) atoms. The summed E-state index contributed by atoms with van der Waals surface area (Å²) in [6.45, 7) is 0. The molecule has 1 heterocycles. The topological polar surface area (TPSA) is 46.5 Å². The minimum atomic E-state index is -0.833. The molecule has 0 aromatic carbocycles. The fourth-order valence-corrected chi connectivity index (χ4v) is 2.03. The average Bonchev–Trinajstić information content (AvgIpc) is 2.30. The van der Waals surface area contributed by atoms with E-state index in [1.807, 2.05) is 0 Å². The molecule has 1 aliphatic carbocycles. The van der Waals surface area contributed by atoms with Crippen molar-refractivity contribution in [1.29, 1.82) is 0 Å². The summed E-state index contributed by atoms with van der Waals surface area (Å²) in [5.74, 6) is -0.321. The van der Waals surface area contributed by atoms with Crippen LogP contribution in [0.5, 0.6) is 0 Å². The van der Waals surface area contributed by atoms with Crippen LogP contribution in [-0.4, -0.2) is 23.3 Å². The smallest absolute Gasteiger partial charge is 0.335 e. The predicted octanol–water partition coefficient (Wildman–Crippen LogP) is 0.463. The van der Waals surface area contributed by atoms with Crippen LogP contribution in [0.4, 0.5) is 0 Å². The van der Waals surface area contributed by atoms with Crippen molar-refractivity contribution < 1.29 is 14.6 Å². The lowest BCUT2D eigenvalue weighted by atomic mass is 9.85. The molecule has 3 atom stereocenters. The van der Waals surface area contributed by atoms with Crippen LogP contribution in [0.3, 0.4) is 0 Å². The molecule has 3 heteroatoms. The summed E-state index contributed by atoms with van der Waals surface area (Å²) < 4.78 is 4.99. The molecule has 1 saturated heterocycles. The molecule has 0 unspecified atom stereocenters. The molecular weight excluding hydrogens is 144 g/mol. The molecule has 0 aromatic heterocycles. The van der Waals surface area contributed by atoms with Gasteiger partial charge in [0.2, 0.25) is 0 Å². The van der Waals surface area contributed by atoms with Crippen molar-refractivity contribution in [2.24, 2.45) is 5.92 Å². The first kappa shape index (κ1) is 7.10. The Kier molecular flexibility index (Phi) is 1.60. The number of aliphatic hydroxyl groups excluding tert-OH is 1. The summed E-state index contributed by atoms with van der Waals surface area (Å²) in [5, 5.41) is 9.32. The van der Waals surface area contributed by atoms with Gasteiger partial charge in [0, 0.05) is 5.92 Å². The third kappa shape index (κ3) is 1.03. The zero-order valence-corrected chi connectivity index (χ0v) is 6.32. The van der Waals surface area contributed by atoms with E-state index in [0.29, 0.717) is 0 Å². The lowest BCUT2D eigenvalue weighted by Gasteiger charge is -2.23. The number of carbonyl (C=O) groups is 1. The van der Waals surface area contributed by atoms with Crippen molar-refractivity contribution in [2.45, 2.75) is 37.9 Å².